The Hall–Kier alpha value is -1.18. The van der Waals surface area contributed by atoms with Crippen molar-refractivity contribution in [2.45, 2.75) is 25.2 Å². The molecule has 0 N–H and O–H groups in total. The second kappa shape index (κ2) is 6.14. The molecule has 0 aliphatic carbocycles. The molecule has 0 heterocycles. The third kappa shape index (κ3) is 6.29. The molecule has 0 bridgehead atoms. The fraction of sp³-hybridized carbons (Fsp3) is 0.750. The second-order valence-corrected chi connectivity index (χ2v) is 3.79. The van der Waals surface area contributed by atoms with Crippen LogP contribution in [0.5, 0.6) is 0 Å². The van der Waals surface area contributed by atoms with Crippen LogP contribution in [-0.2, 0) is 0 Å². The van der Waals surface area contributed by atoms with E-state index in [1.54, 1.807) is 0 Å². The first-order valence-corrected chi connectivity index (χ1v) is 4.86. The highest BCUT2D eigenvalue weighted by Crippen LogP contribution is 2.36. The number of alkyl halides is 12. The maximum absolute atomic E-state index is 12.1. The van der Waals surface area contributed by atoms with Gasteiger partial charge in [0.1, 0.15) is 0 Å². The van der Waals surface area contributed by atoms with Gasteiger partial charge in [-0.05, 0) is 5.57 Å². The van der Waals surface area contributed by atoms with E-state index in [4.69, 9.17) is 0 Å². The summed E-state index contributed by atoms with van der Waals surface area (Å²) in [7, 11) is 0. The van der Waals surface area contributed by atoms with Gasteiger partial charge < -0.3 is 0 Å². The van der Waals surface area contributed by atoms with Crippen molar-refractivity contribution < 1.29 is 52.7 Å². The van der Waals surface area contributed by atoms with Crippen LogP contribution in [0.15, 0.2) is 12.2 Å². The van der Waals surface area contributed by atoms with Crippen LogP contribution in [-0.4, -0.2) is 48.1 Å². The first kappa shape index (κ1) is 20.8. The highest BCUT2D eigenvalue weighted by atomic mass is 19.4. The fourth-order valence-electron chi connectivity index (χ4n) is 1.14. The van der Waals surface area contributed by atoms with Crippen LogP contribution in [0.25, 0.3) is 0 Å². The van der Waals surface area contributed by atoms with Gasteiger partial charge in [-0.1, -0.05) is 6.58 Å². The standard InChI is InChI=1S/C8H6F12N2/c1-4(2-21(5(9,10)11)6(12,13)14)3-22(7(15,16)17)8(18,19)20/h1-3H2. The minimum Gasteiger partial charge on any atom is -0.155 e. The average Bonchev–Trinajstić information content (AvgIpc) is 2.15. The van der Waals surface area contributed by atoms with E-state index in [0.717, 1.165) is 0 Å². The Morgan fingerprint density at radius 2 is 0.727 bits per heavy atom. The van der Waals surface area contributed by atoms with E-state index in [9.17, 15) is 52.7 Å². The largest absolute Gasteiger partial charge is 0.467 e. The molecule has 0 amide bonds. The van der Waals surface area contributed by atoms with Gasteiger partial charge in [0.05, 0.1) is 0 Å². The number of halogens is 12. The van der Waals surface area contributed by atoms with Gasteiger partial charge in [-0.15, -0.1) is 9.80 Å². The Bertz CT molecular complexity index is 322. The number of rotatable bonds is 4. The second-order valence-electron chi connectivity index (χ2n) is 3.79. The maximum Gasteiger partial charge on any atom is 0.467 e. The summed E-state index contributed by atoms with van der Waals surface area (Å²) in [5, 5.41) is 0. The van der Waals surface area contributed by atoms with Gasteiger partial charge in [0.2, 0.25) is 0 Å². The van der Waals surface area contributed by atoms with Crippen molar-refractivity contribution in [3.63, 3.8) is 0 Å². The maximum atomic E-state index is 12.1. The first-order valence-electron chi connectivity index (χ1n) is 4.86. The molecule has 0 aliphatic heterocycles. The molecule has 0 saturated carbocycles. The zero-order valence-electron chi connectivity index (χ0n) is 10.1. The molecule has 0 aromatic rings. The van der Waals surface area contributed by atoms with Gasteiger partial charge >= 0.3 is 25.2 Å². The highest BCUT2D eigenvalue weighted by molar-refractivity contribution is 5.02. The molecule has 0 aromatic carbocycles. The minimum absolute atomic E-state index is 1.59. The molecule has 0 saturated heterocycles. The van der Waals surface area contributed by atoms with Crippen LogP contribution in [0.1, 0.15) is 0 Å². The van der Waals surface area contributed by atoms with Crippen molar-refractivity contribution in [3.05, 3.63) is 12.2 Å². The summed E-state index contributed by atoms with van der Waals surface area (Å²) in [6, 6.07) is 0. The van der Waals surface area contributed by atoms with Crippen molar-refractivity contribution >= 4 is 0 Å². The Kier molecular flexibility index (Phi) is 5.81. The molecule has 22 heavy (non-hydrogen) atoms. The lowest BCUT2D eigenvalue weighted by molar-refractivity contribution is -0.375. The van der Waals surface area contributed by atoms with Gasteiger partial charge in [0.25, 0.3) is 0 Å². The monoisotopic (exact) mass is 358 g/mol. The van der Waals surface area contributed by atoms with E-state index in [0.29, 0.717) is 0 Å². The van der Waals surface area contributed by atoms with E-state index in [1.165, 1.54) is 0 Å². The summed E-state index contributed by atoms with van der Waals surface area (Å²) >= 11 is 0. The number of nitrogens with zero attached hydrogens (tertiary/aromatic N) is 2. The van der Waals surface area contributed by atoms with Crippen molar-refractivity contribution in [2.24, 2.45) is 0 Å². The third-order valence-electron chi connectivity index (χ3n) is 1.99. The molecule has 0 rings (SSSR count). The minimum atomic E-state index is -6.05. The van der Waals surface area contributed by atoms with Crippen LogP contribution in [0.4, 0.5) is 52.7 Å². The van der Waals surface area contributed by atoms with Crippen molar-refractivity contribution in [1.82, 2.24) is 9.80 Å². The molecule has 0 aliphatic rings. The summed E-state index contributed by atoms with van der Waals surface area (Å²) < 4.78 is 145. The molecular weight excluding hydrogens is 352 g/mol. The number of hydrogen-bond donors (Lipinski definition) is 0. The Morgan fingerprint density at radius 3 is 0.864 bits per heavy atom. The summed E-state index contributed by atoms with van der Waals surface area (Å²) in [5.74, 6) is 0. The SMILES string of the molecule is C=C(CN(C(F)(F)F)C(F)(F)F)CN(C(F)(F)F)C(F)(F)F. The lowest BCUT2D eigenvalue weighted by Crippen LogP contribution is -2.52. The molecule has 0 spiro atoms. The summed E-state index contributed by atoms with van der Waals surface area (Å²) in [6.45, 7) is -2.21. The lowest BCUT2D eigenvalue weighted by atomic mass is 10.2. The van der Waals surface area contributed by atoms with E-state index in [2.05, 4.69) is 6.58 Å². The van der Waals surface area contributed by atoms with Gasteiger partial charge in [0, 0.05) is 13.1 Å². The van der Waals surface area contributed by atoms with Crippen LogP contribution < -0.4 is 0 Å². The van der Waals surface area contributed by atoms with E-state index >= 15 is 0 Å². The predicted octanol–water partition coefficient (Wildman–Crippen LogP) is 4.23. The van der Waals surface area contributed by atoms with E-state index < -0.39 is 53.7 Å². The number of hydrogen-bond acceptors (Lipinski definition) is 2. The van der Waals surface area contributed by atoms with Crippen LogP contribution in [0.3, 0.4) is 0 Å². The van der Waals surface area contributed by atoms with Crippen molar-refractivity contribution in [3.8, 4) is 0 Å². The Morgan fingerprint density at radius 1 is 0.545 bits per heavy atom. The molecule has 2 nitrogen and oxygen atoms in total. The topological polar surface area (TPSA) is 6.48 Å². The molecule has 14 heteroatoms. The lowest BCUT2D eigenvalue weighted by Gasteiger charge is -2.30. The predicted molar refractivity (Wildman–Crippen MR) is 46.8 cm³/mol. The third-order valence-corrected chi connectivity index (χ3v) is 1.99. The fourth-order valence-corrected chi connectivity index (χ4v) is 1.14. The van der Waals surface area contributed by atoms with Gasteiger partial charge in [-0.3, -0.25) is 0 Å². The van der Waals surface area contributed by atoms with Crippen molar-refractivity contribution in [1.29, 1.82) is 0 Å². The molecule has 0 fully saturated rings. The van der Waals surface area contributed by atoms with Gasteiger partial charge in [-0.2, -0.15) is 52.7 Å². The zero-order valence-corrected chi connectivity index (χ0v) is 10.1. The first-order chi connectivity index (χ1) is 9.37. The molecule has 0 aromatic heterocycles. The molecule has 0 atom stereocenters. The molecule has 0 unspecified atom stereocenters. The molecule has 0 radical (unpaired) electrons. The Labute approximate surface area is 114 Å². The van der Waals surface area contributed by atoms with E-state index in [-0.39, 0.29) is 0 Å². The van der Waals surface area contributed by atoms with Crippen LogP contribution in [0.2, 0.25) is 0 Å². The van der Waals surface area contributed by atoms with Gasteiger partial charge in [-0.25, -0.2) is 0 Å². The summed E-state index contributed by atoms with van der Waals surface area (Å²) in [4.78, 5) is -4.37. The van der Waals surface area contributed by atoms with Crippen LogP contribution in [0, 0.1) is 0 Å². The van der Waals surface area contributed by atoms with Crippen LogP contribution >= 0.6 is 0 Å². The highest BCUT2D eigenvalue weighted by Gasteiger charge is 2.56. The zero-order chi connectivity index (χ0) is 18.1. The smallest absolute Gasteiger partial charge is 0.155 e. The normalized spacial score (nSPS) is 14.8. The quantitative estimate of drug-likeness (QED) is 0.422. The summed E-state index contributed by atoms with van der Waals surface area (Å²) in [5.41, 5.74) is -1.59. The summed E-state index contributed by atoms with van der Waals surface area (Å²) in [6.07, 6.45) is -24.2. The Balaban J connectivity index is 5.20. The van der Waals surface area contributed by atoms with Crippen molar-refractivity contribution in [2.75, 3.05) is 13.1 Å². The molecule has 132 valence electrons. The average molecular weight is 358 g/mol. The van der Waals surface area contributed by atoms with E-state index in [1.807, 2.05) is 0 Å². The van der Waals surface area contributed by atoms with Gasteiger partial charge in [0.15, 0.2) is 0 Å². The molecular formula is C8H6F12N2.